The van der Waals surface area contributed by atoms with Crippen LogP contribution in [0.2, 0.25) is 5.02 Å². The highest BCUT2D eigenvalue weighted by Crippen LogP contribution is 2.26. The summed E-state index contributed by atoms with van der Waals surface area (Å²) in [7, 11) is -4.17. The van der Waals surface area contributed by atoms with E-state index < -0.39 is 20.7 Å². The topological polar surface area (TPSA) is 133 Å². The molecular weight excluding hydrogens is 447 g/mol. The van der Waals surface area contributed by atoms with E-state index >= 15 is 0 Å². The van der Waals surface area contributed by atoms with Gasteiger partial charge in [-0.2, -0.15) is 5.10 Å². The predicted molar refractivity (Wildman–Crippen MR) is 115 cm³/mol. The molecule has 0 bridgehead atoms. The summed E-state index contributed by atoms with van der Waals surface area (Å²) in [4.78, 5) is 8.33. The quantitative estimate of drug-likeness (QED) is 0.332. The van der Waals surface area contributed by atoms with Gasteiger partial charge < -0.3 is 10.4 Å². The number of aliphatic hydroxyl groups excluding tert-OH is 1. The molecule has 0 saturated carbocycles. The number of aromatic amines is 1. The number of halogens is 2. The van der Waals surface area contributed by atoms with E-state index in [9.17, 15) is 12.8 Å². The highest BCUT2D eigenvalue weighted by Gasteiger charge is 2.20. The Balaban J connectivity index is 1.62. The minimum absolute atomic E-state index is 0.0687. The highest BCUT2D eigenvalue weighted by atomic mass is 35.5. The van der Waals surface area contributed by atoms with Crippen molar-refractivity contribution >= 4 is 44.2 Å². The van der Waals surface area contributed by atoms with Crippen LogP contribution in [0.3, 0.4) is 0 Å². The van der Waals surface area contributed by atoms with E-state index in [4.69, 9.17) is 16.7 Å². The lowest BCUT2D eigenvalue weighted by atomic mass is 10.2. The molecule has 160 valence electrons. The first kappa shape index (κ1) is 21.0. The zero-order valence-corrected chi connectivity index (χ0v) is 17.4. The first-order valence-electron chi connectivity index (χ1n) is 9.01. The van der Waals surface area contributed by atoms with E-state index in [1.165, 1.54) is 18.2 Å². The van der Waals surface area contributed by atoms with Gasteiger partial charge in [-0.15, -0.1) is 0 Å². The molecule has 0 spiro atoms. The predicted octanol–water partition coefficient (Wildman–Crippen LogP) is 3.02. The lowest BCUT2D eigenvalue weighted by Crippen LogP contribution is -2.14. The van der Waals surface area contributed by atoms with Crippen LogP contribution in [0.25, 0.3) is 22.4 Å². The summed E-state index contributed by atoms with van der Waals surface area (Å²) in [6.45, 7) is 0.234. The fraction of sp³-hybridized carbons (Fsp3) is 0.105. The molecule has 0 aliphatic rings. The van der Waals surface area contributed by atoms with Crippen molar-refractivity contribution in [3.8, 4) is 11.4 Å². The maximum Gasteiger partial charge on any atom is 0.264 e. The monoisotopic (exact) mass is 462 g/mol. The van der Waals surface area contributed by atoms with Crippen molar-refractivity contribution in [3.63, 3.8) is 0 Å². The van der Waals surface area contributed by atoms with Gasteiger partial charge in [0, 0.05) is 22.8 Å². The Labute approximate surface area is 181 Å². The van der Waals surface area contributed by atoms with Crippen LogP contribution < -0.4 is 10.0 Å². The maximum absolute atomic E-state index is 14.0. The molecule has 0 amide bonds. The number of sulfonamides is 1. The van der Waals surface area contributed by atoms with E-state index in [0.717, 1.165) is 12.1 Å². The molecule has 9 nitrogen and oxygen atoms in total. The smallest absolute Gasteiger partial charge is 0.264 e. The zero-order chi connectivity index (χ0) is 22.0. The Morgan fingerprint density at radius 3 is 2.65 bits per heavy atom. The van der Waals surface area contributed by atoms with E-state index in [0.29, 0.717) is 34.8 Å². The molecule has 2 aromatic heterocycles. The molecule has 4 N–H and O–H groups in total. The molecule has 0 fully saturated rings. The van der Waals surface area contributed by atoms with Crippen molar-refractivity contribution in [1.82, 2.24) is 20.2 Å². The largest absolute Gasteiger partial charge is 0.395 e. The number of hydrogen-bond donors (Lipinski definition) is 4. The van der Waals surface area contributed by atoms with Gasteiger partial charge in [-0.05, 0) is 42.5 Å². The van der Waals surface area contributed by atoms with Crippen LogP contribution in [0.4, 0.5) is 15.9 Å². The molecule has 4 rings (SSSR count). The van der Waals surface area contributed by atoms with Crippen molar-refractivity contribution in [3.05, 3.63) is 59.5 Å². The first-order valence-corrected chi connectivity index (χ1v) is 10.9. The van der Waals surface area contributed by atoms with Crippen molar-refractivity contribution in [1.29, 1.82) is 0 Å². The molecule has 0 radical (unpaired) electrons. The third-order valence-electron chi connectivity index (χ3n) is 4.29. The average Bonchev–Trinajstić information content (AvgIpc) is 3.23. The summed E-state index contributed by atoms with van der Waals surface area (Å²) in [5.74, 6) is -0.0332. The SMILES string of the molecule is O=S(=O)(Nc1ccc(-c2nc(NCCO)c3cn[nH]c3n2)cc1)c1cc(Cl)ccc1F. The van der Waals surface area contributed by atoms with E-state index in [2.05, 4.69) is 30.2 Å². The molecular formula is C19H16ClFN6O3S. The molecule has 0 saturated heterocycles. The van der Waals surface area contributed by atoms with Gasteiger partial charge >= 0.3 is 0 Å². The number of aliphatic hydroxyl groups is 1. The minimum atomic E-state index is -4.17. The summed E-state index contributed by atoms with van der Waals surface area (Å²) < 4.78 is 41.3. The van der Waals surface area contributed by atoms with Crippen LogP contribution in [0, 0.1) is 5.82 Å². The lowest BCUT2D eigenvalue weighted by Gasteiger charge is -2.10. The highest BCUT2D eigenvalue weighted by molar-refractivity contribution is 7.92. The second-order valence-corrected chi connectivity index (χ2v) is 8.52. The van der Waals surface area contributed by atoms with Crippen LogP contribution in [0.5, 0.6) is 0 Å². The molecule has 0 atom stereocenters. The molecule has 4 aromatic rings. The summed E-state index contributed by atoms with van der Waals surface area (Å²) in [5.41, 5.74) is 1.34. The molecule has 31 heavy (non-hydrogen) atoms. The van der Waals surface area contributed by atoms with Gasteiger partial charge in [-0.25, -0.2) is 22.8 Å². The summed E-state index contributed by atoms with van der Waals surface area (Å²) >= 11 is 5.79. The number of hydrogen-bond acceptors (Lipinski definition) is 7. The maximum atomic E-state index is 14.0. The third-order valence-corrected chi connectivity index (χ3v) is 5.92. The van der Waals surface area contributed by atoms with Gasteiger partial charge in [0.25, 0.3) is 10.0 Å². The number of nitrogens with one attached hydrogen (secondary N) is 3. The fourth-order valence-electron chi connectivity index (χ4n) is 2.85. The van der Waals surface area contributed by atoms with Crippen molar-refractivity contribution < 1.29 is 17.9 Å². The van der Waals surface area contributed by atoms with Crippen LogP contribution in [0.1, 0.15) is 0 Å². The molecule has 12 heteroatoms. The van der Waals surface area contributed by atoms with Gasteiger partial charge in [0.2, 0.25) is 0 Å². The fourth-order valence-corrected chi connectivity index (χ4v) is 4.25. The van der Waals surface area contributed by atoms with E-state index in [-0.39, 0.29) is 17.3 Å². The number of aromatic nitrogens is 4. The van der Waals surface area contributed by atoms with Gasteiger partial charge in [0.1, 0.15) is 16.5 Å². The summed E-state index contributed by atoms with van der Waals surface area (Å²) in [5, 5.41) is 19.6. The Morgan fingerprint density at radius 1 is 1.13 bits per heavy atom. The number of H-pyrrole nitrogens is 1. The number of fused-ring (bicyclic) bond motifs is 1. The Kier molecular flexibility index (Phi) is 5.72. The Bertz CT molecular complexity index is 1340. The summed E-state index contributed by atoms with van der Waals surface area (Å²) in [6, 6.07) is 9.57. The number of rotatable bonds is 7. The van der Waals surface area contributed by atoms with Gasteiger partial charge in [-0.3, -0.25) is 9.82 Å². The molecule has 2 aromatic carbocycles. The number of benzene rings is 2. The first-order chi connectivity index (χ1) is 14.9. The third kappa shape index (κ3) is 4.43. The van der Waals surface area contributed by atoms with Crippen LogP contribution >= 0.6 is 11.6 Å². The molecule has 0 unspecified atom stereocenters. The van der Waals surface area contributed by atoms with Crippen LogP contribution in [0.15, 0.2) is 53.6 Å². The van der Waals surface area contributed by atoms with Crippen molar-refractivity contribution in [2.24, 2.45) is 0 Å². The van der Waals surface area contributed by atoms with Crippen molar-refractivity contribution in [2.75, 3.05) is 23.2 Å². The second-order valence-electron chi connectivity index (χ2n) is 6.44. The number of nitrogens with zero attached hydrogens (tertiary/aromatic N) is 3. The van der Waals surface area contributed by atoms with E-state index in [1.54, 1.807) is 18.3 Å². The van der Waals surface area contributed by atoms with E-state index in [1.807, 2.05) is 0 Å². The molecule has 2 heterocycles. The Hall–Kier alpha value is -3.28. The lowest BCUT2D eigenvalue weighted by molar-refractivity contribution is 0.311. The van der Waals surface area contributed by atoms with Gasteiger partial charge in [0.15, 0.2) is 11.5 Å². The van der Waals surface area contributed by atoms with Crippen LogP contribution in [-0.2, 0) is 10.0 Å². The van der Waals surface area contributed by atoms with Crippen molar-refractivity contribution in [2.45, 2.75) is 4.90 Å². The number of anilines is 2. The standard InChI is InChI=1S/C19H16ClFN6O3S/c20-12-3-6-15(21)16(9-12)31(29,30)27-13-4-1-11(2-5-13)17-24-18(22-7-8-28)14-10-23-26-19(14)25-17/h1-6,9-10,27-28H,7-8H2,(H2,22,23,24,25,26). The molecule has 0 aliphatic heterocycles. The minimum Gasteiger partial charge on any atom is -0.395 e. The zero-order valence-electron chi connectivity index (χ0n) is 15.8. The van der Waals surface area contributed by atoms with Gasteiger partial charge in [-0.1, -0.05) is 11.6 Å². The summed E-state index contributed by atoms with van der Waals surface area (Å²) in [6.07, 6.45) is 1.58. The Morgan fingerprint density at radius 2 is 1.90 bits per heavy atom. The normalized spacial score (nSPS) is 11.6. The second kappa shape index (κ2) is 8.46. The molecule has 0 aliphatic carbocycles. The van der Waals surface area contributed by atoms with Crippen LogP contribution in [-0.4, -0.2) is 46.8 Å². The average molecular weight is 463 g/mol. The van der Waals surface area contributed by atoms with Gasteiger partial charge in [0.05, 0.1) is 18.2 Å².